The number of H-pyrrole nitrogens is 1. The largest absolute Gasteiger partial charge is 0.493 e. The van der Waals surface area contributed by atoms with Gasteiger partial charge < -0.3 is 28.8 Å². The maximum atomic E-state index is 5.98. The summed E-state index contributed by atoms with van der Waals surface area (Å²) in [4.78, 5) is 5.56. The Morgan fingerprint density at radius 2 is 1.84 bits per heavy atom. The first-order valence-corrected chi connectivity index (χ1v) is 8.37. The van der Waals surface area contributed by atoms with E-state index in [1.165, 1.54) is 0 Å². The van der Waals surface area contributed by atoms with Crippen LogP contribution in [0.1, 0.15) is 0 Å². The van der Waals surface area contributed by atoms with Gasteiger partial charge in [-0.05, 0) is 26.2 Å². The third kappa shape index (κ3) is 2.72. The molecule has 0 fully saturated rings. The lowest BCUT2D eigenvalue weighted by Crippen LogP contribution is -2.19. The fraction of sp³-hybridized carbons (Fsp3) is 0.368. The summed E-state index contributed by atoms with van der Waals surface area (Å²) in [5.41, 5.74) is 1.87. The standard InChI is InChI=1S/C19H22N2O4/c1-21(2)7-8-23-14-6-4-5-12-13-11-15(22-3)18-19(25-10-9-24-18)17(13)20-16(12)14/h4-6,11,20H,7-10H2,1-3H3. The van der Waals surface area contributed by atoms with Crippen LogP contribution in [0.3, 0.4) is 0 Å². The van der Waals surface area contributed by atoms with Crippen LogP contribution in [-0.2, 0) is 0 Å². The number of aromatic nitrogens is 1. The molecular formula is C19H22N2O4. The molecule has 6 heteroatoms. The number of para-hydroxylation sites is 1. The first kappa shape index (κ1) is 15.9. The van der Waals surface area contributed by atoms with Gasteiger partial charge >= 0.3 is 0 Å². The Hall–Kier alpha value is -2.60. The molecular weight excluding hydrogens is 320 g/mol. The molecule has 25 heavy (non-hydrogen) atoms. The summed E-state index contributed by atoms with van der Waals surface area (Å²) in [6.07, 6.45) is 0. The predicted octanol–water partition coefficient (Wildman–Crippen LogP) is 3.04. The van der Waals surface area contributed by atoms with E-state index in [1.54, 1.807) is 7.11 Å². The van der Waals surface area contributed by atoms with E-state index in [0.717, 1.165) is 34.1 Å². The number of fused-ring (bicyclic) bond motifs is 5. The van der Waals surface area contributed by atoms with Crippen LogP contribution in [0.15, 0.2) is 24.3 Å². The highest BCUT2D eigenvalue weighted by atomic mass is 16.6. The smallest absolute Gasteiger partial charge is 0.205 e. The number of hydrogen-bond donors (Lipinski definition) is 1. The van der Waals surface area contributed by atoms with E-state index in [0.29, 0.717) is 37.1 Å². The molecule has 2 aromatic carbocycles. The second-order valence-corrected chi connectivity index (χ2v) is 6.31. The Labute approximate surface area is 146 Å². The van der Waals surface area contributed by atoms with E-state index in [4.69, 9.17) is 18.9 Å². The molecule has 0 bridgehead atoms. The molecule has 6 nitrogen and oxygen atoms in total. The minimum atomic E-state index is 0.522. The lowest BCUT2D eigenvalue weighted by atomic mass is 10.1. The average Bonchev–Trinajstić information content (AvgIpc) is 3.00. The number of aromatic amines is 1. The summed E-state index contributed by atoms with van der Waals surface area (Å²) < 4.78 is 23.1. The highest BCUT2D eigenvalue weighted by Crippen LogP contribution is 2.47. The Bertz CT molecular complexity index is 917. The fourth-order valence-corrected chi connectivity index (χ4v) is 3.13. The van der Waals surface area contributed by atoms with Crippen molar-refractivity contribution in [2.45, 2.75) is 0 Å². The summed E-state index contributed by atoms with van der Waals surface area (Å²) in [7, 11) is 5.70. The second kappa shape index (κ2) is 6.37. The molecule has 1 N–H and O–H groups in total. The number of rotatable bonds is 5. The van der Waals surface area contributed by atoms with Crippen molar-refractivity contribution in [3.8, 4) is 23.0 Å². The molecule has 0 amide bonds. The number of methoxy groups -OCH3 is 1. The van der Waals surface area contributed by atoms with Gasteiger partial charge in [-0.15, -0.1) is 0 Å². The van der Waals surface area contributed by atoms with Crippen LogP contribution in [-0.4, -0.2) is 57.5 Å². The minimum Gasteiger partial charge on any atom is -0.493 e. The van der Waals surface area contributed by atoms with Crippen LogP contribution in [0, 0.1) is 0 Å². The Morgan fingerprint density at radius 3 is 2.60 bits per heavy atom. The quantitative estimate of drug-likeness (QED) is 0.772. The average molecular weight is 342 g/mol. The number of ether oxygens (including phenoxy) is 4. The van der Waals surface area contributed by atoms with Crippen molar-refractivity contribution in [2.24, 2.45) is 0 Å². The van der Waals surface area contributed by atoms with Gasteiger partial charge in [0.15, 0.2) is 11.5 Å². The first-order valence-electron chi connectivity index (χ1n) is 8.37. The van der Waals surface area contributed by atoms with Crippen molar-refractivity contribution in [3.63, 3.8) is 0 Å². The van der Waals surface area contributed by atoms with Gasteiger partial charge in [0.25, 0.3) is 0 Å². The summed E-state index contributed by atoms with van der Waals surface area (Å²) in [5.74, 6) is 2.88. The molecule has 0 unspecified atom stereocenters. The molecule has 0 atom stereocenters. The maximum absolute atomic E-state index is 5.98. The van der Waals surface area contributed by atoms with Crippen LogP contribution < -0.4 is 18.9 Å². The molecule has 1 aliphatic heterocycles. The molecule has 2 heterocycles. The number of nitrogens with one attached hydrogen (secondary N) is 1. The molecule has 1 aliphatic rings. The van der Waals surface area contributed by atoms with Crippen LogP contribution in [0.2, 0.25) is 0 Å². The number of hydrogen-bond acceptors (Lipinski definition) is 5. The monoisotopic (exact) mass is 342 g/mol. The highest BCUT2D eigenvalue weighted by Gasteiger charge is 2.23. The van der Waals surface area contributed by atoms with Crippen LogP contribution in [0.5, 0.6) is 23.0 Å². The van der Waals surface area contributed by atoms with Crippen molar-refractivity contribution in [1.82, 2.24) is 9.88 Å². The zero-order valence-corrected chi connectivity index (χ0v) is 14.7. The molecule has 0 saturated carbocycles. The van der Waals surface area contributed by atoms with Crippen LogP contribution in [0.25, 0.3) is 21.8 Å². The Morgan fingerprint density at radius 1 is 1.04 bits per heavy atom. The molecule has 3 aromatic rings. The van der Waals surface area contributed by atoms with E-state index >= 15 is 0 Å². The molecule has 1 aromatic heterocycles. The fourth-order valence-electron chi connectivity index (χ4n) is 3.13. The lowest BCUT2D eigenvalue weighted by Gasteiger charge is -2.21. The van der Waals surface area contributed by atoms with Gasteiger partial charge in [0.05, 0.1) is 18.1 Å². The van der Waals surface area contributed by atoms with Crippen molar-refractivity contribution in [3.05, 3.63) is 24.3 Å². The van der Waals surface area contributed by atoms with Gasteiger partial charge in [-0.25, -0.2) is 0 Å². The van der Waals surface area contributed by atoms with Crippen molar-refractivity contribution >= 4 is 21.8 Å². The highest BCUT2D eigenvalue weighted by molar-refractivity contribution is 6.12. The Kier molecular flexibility index (Phi) is 4.05. The van der Waals surface area contributed by atoms with E-state index in [9.17, 15) is 0 Å². The second-order valence-electron chi connectivity index (χ2n) is 6.31. The van der Waals surface area contributed by atoms with Gasteiger partial charge in [-0.2, -0.15) is 0 Å². The zero-order valence-electron chi connectivity index (χ0n) is 14.7. The maximum Gasteiger partial charge on any atom is 0.205 e. The van der Waals surface area contributed by atoms with Crippen molar-refractivity contribution in [1.29, 1.82) is 0 Å². The van der Waals surface area contributed by atoms with Crippen LogP contribution in [0.4, 0.5) is 0 Å². The summed E-state index contributed by atoms with van der Waals surface area (Å²) >= 11 is 0. The number of benzene rings is 2. The van der Waals surface area contributed by atoms with Gasteiger partial charge in [0.1, 0.15) is 25.6 Å². The van der Waals surface area contributed by atoms with E-state index in [1.807, 2.05) is 32.3 Å². The molecule has 0 aliphatic carbocycles. The molecule has 4 rings (SSSR count). The summed E-state index contributed by atoms with van der Waals surface area (Å²) in [6, 6.07) is 8.05. The third-order valence-corrected chi connectivity index (χ3v) is 4.36. The zero-order chi connectivity index (χ0) is 17.4. The summed E-state index contributed by atoms with van der Waals surface area (Å²) in [5, 5.41) is 2.11. The van der Waals surface area contributed by atoms with Gasteiger partial charge in [-0.3, -0.25) is 0 Å². The van der Waals surface area contributed by atoms with Crippen molar-refractivity contribution < 1.29 is 18.9 Å². The topological polar surface area (TPSA) is 56.0 Å². The number of nitrogens with zero attached hydrogens (tertiary/aromatic N) is 1. The van der Waals surface area contributed by atoms with Crippen LogP contribution >= 0.6 is 0 Å². The van der Waals surface area contributed by atoms with Gasteiger partial charge in [0, 0.05) is 17.3 Å². The molecule has 132 valence electrons. The minimum absolute atomic E-state index is 0.522. The summed E-state index contributed by atoms with van der Waals surface area (Å²) in [6.45, 7) is 2.53. The van der Waals surface area contributed by atoms with E-state index in [2.05, 4.69) is 16.0 Å². The Balaban J connectivity index is 1.86. The lowest BCUT2D eigenvalue weighted by molar-refractivity contribution is 0.167. The van der Waals surface area contributed by atoms with Gasteiger partial charge in [-0.1, -0.05) is 12.1 Å². The predicted molar refractivity (Wildman–Crippen MR) is 97.4 cm³/mol. The van der Waals surface area contributed by atoms with Crippen molar-refractivity contribution in [2.75, 3.05) is 47.6 Å². The van der Waals surface area contributed by atoms with Gasteiger partial charge in [0.2, 0.25) is 5.75 Å². The van der Waals surface area contributed by atoms with E-state index < -0.39 is 0 Å². The molecule has 0 saturated heterocycles. The SMILES string of the molecule is COc1cc2c([nH]c3c(OCCN(C)C)cccc32)c2c1OCCO2. The normalized spacial score (nSPS) is 13.6. The first-order chi connectivity index (χ1) is 12.2. The number of likely N-dealkylation sites (N-methyl/N-ethyl adjacent to an activating group) is 1. The van der Waals surface area contributed by atoms with E-state index in [-0.39, 0.29) is 0 Å². The molecule has 0 radical (unpaired) electrons. The third-order valence-electron chi connectivity index (χ3n) is 4.36. The molecule has 0 spiro atoms.